The second-order valence-electron chi connectivity index (χ2n) is 3.53. The zero-order chi connectivity index (χ0) is 13.8. The Labute approximate surface area is 101 Å². The Hall–Kier alpha value is -1.81. The number of benzene rings is 1. The maximum atomic E-state index is 12.9. The molecule has 0 atom stereocenters. The van der Waals surface area contributed by atoms with Crippen LogP contribution in [-0.2, 0) is 0 Å². The molecular weight excluding hydrogens is 252 g/mol. The maximum absolute atomic E-state index is 12.9. The van der Waals surface area contributed by atoms with E-state index in [0.29, 0.717) is 0 Å². The summed E-state index contributed by atoms with van der Waals surface area (Å²) in [6.45, 7) is -2.11. The van der Waals surface area contributed by atoms with Crippen molar-refractivity contribution < 1.29 is 22.7 Å². The number of halogens is 4. The molecule has 0 amide bonds. The molecule has 7 heteroatoms. The van der Waals surface area contributed by atoms with Crippen molar-refractivity contribution in [1.82, 2.24) is 0 Å². The molecule has 0 heterocycles. The van der Waals surface area contributed by atoms with Gasteiger partial charge in [-0.25, -0.2) is 4.39 Å². The fourth-order valence-corrected chi connectivity index (χ4v) is 1.50. The van der Waals surface area contributed by atoms with Crippen LogP contribution in [0.4, 0.5) is 23.2 Å². The monoisotopic (exact) mass is 262 g/mol. The molecule has 1 aromatic carbocycles. The van der Waals surface area contributed by atoms with E-state index in [1.54, 1.807) is 6.07 Å². The fourth-order valence-electron chi connectivity index (χ4n) is 1.50. The predicted molar refractivity (Wildman–Crippen MR) is 56.5 cm³/mol. The molecule has 0 aliphatic rings. The van der Waals surface area contributed by atoms with Gasteiger partial charge in [-0.15, -0.1) is 0 Å². The number of aliphatic hydroxyl groups excluding tert-OH is 1. The highest BCUT2D eigenvalue weighted by atomic mass is 19.4. The summed E-state index contributed by atoms with van der Waals surface area (Å²) in [5, 5.41) is 17.5. The van der Waals surface area contributed by atoms with E-state index in [9.17, 15) is 17.6 Å². The van der Waals surface area contributed by atoms with Gasteiger partial charge < -0.3 is 10.0 Å². The largest absolute Gasteiger partial charge is 0.405 e. The normalized spacial score (nSPS) is 11.1. The van der Waals surface area contributed by atoms with Crippen molar-refractivity contribution in [2.75, 3.05) is 24.6 Å². The number of alkyl halides is 3. The highest BCUT2D eigenvalue weighted by Gasteiger charge is 2.31. The van der Waals surface area contributed by atoms with Crippen molar-refractivity contribution in [1.29, 1.82) is 5.26 Å². The molecule has 0 saturated carbocycles. The summed E-state index contributed by atoms with van der Waals surface area (Å²) in [6, 6.07) is 4.55. The van der Waals surface area contributed by atoms with Crippen molar-refractivity contribution in [2.45, 2.75) is 6.18 Å². The molecule has 18 heavy (non-hydrogen) atoms. The summed E-state index contributed by atoms with van der Waals surface area (Å²) in [7, 11) is 0. The molecule has 98 valence electrons. The zero-order valence-electron chi connectivity index (χ0n) is 9.21. The Kier molecular flexibility index (Phi) is 4.50. The number of nitriles is 1. The highest BCUT2D eigenvalue weighted by molar-refractivity contribution is 5.59. The summed E-state index contributed by atoms with van der Waals surface area (Å²) >= 11 is 0. The smallest absolute Gasteiger partial charge is 0.395 e. The van der Waals surface area contributed by atoms with Crippen LogP contribution >= 0.6 is 0 Å². The number of nitrogens with zero attached hydrogens (tertiary/aromatic N) is 2. The molecule has 0 unspecified atom stereocenters. The second-order valence-corrected chi connectivity index (χ2v) is 3.53. The lowest BCUT2D eigenvalue weighted by molar-refractivity contribution is -0.119. The van der Waals surface area contributed by atoms with Gasteiger partial charge in [-0.3, -0.25) is 0 Å². The molecule has 1 rings (SSSR count). The molecule has 0 aliphatic heterocycles. The van der Waals surface area contributed by atoms with Crippen LogP contribution in [-0.4, -0.2) is 31.0 Å². The van der Waals surface area contributed by atoms with Crippen molar-refractivity contribution >= 4 is 5.69 Å². The van der Waals surface area contributed by atoms with Crippen LogP contribution in [0, 0.1) is 17.1 Å². The van der Waals surface area contributed by atoms with Crippen molar-refractivity contribution in [3.8, 4) is 6.07 Å². The van der Waals surface area contributed by atoms with Gasteiger partial charge in [-0.1, -0.05) is 0 Å². The van der Waals surface area contributed by atoms with Crippen LogP contribution < -0.4 is 4.90 Å². The molecule has 1 N–H and O–H groups in total. The van der Waals surface area contributed by atoms with Gasteiger partial charge in [0.2, 0.25) is 0 Å². The zero-order valence-corrected chi connectivity index (χ0v) is 9.21. The minimum atomic E-state index is -4.48. The quantitative estimate of drug-likeness (QED) is 0.845. The van der Waals surface area contributed by atoms with Crippen molar-refractivity contribution in [2.24, 2.45) is 0 Å². The number of anilines is 1. The van der Waals surface area contributed by atoms with Crippen LogP contribution in [0.25, 0.3) is 0 Å². The summed E-state index contributed by atoms with van der Waals surface area (Å²) < 4.78 is 49.9. The van der Waals surface area contributed by atoms with Crippen LogP contribution in [0.3, 0.4) is 0 Å². The molecular formula is C11H10F4N2O. The van der Waals surface area contributed by atoms with Crippen LogP contribution in [0.5, 0.6) is 0 Å². The molecule has 0 radical (unpaired) electrons. The van der Waals surface area contributed by atoms with Crippen LogP contribution in [0.2, 0.25) is 0 Å². The maximum Gasteiger partial charge on any atom is 0.405 e. The van der Waals surface area contributed by atoms with Crippen molar-refractivity contribution in [3.63, 3.8) is 0 Å². The number of hydrogen-bond acceptors (Lipinski definition) is 3. The number of hydrogen-bond donors (Lipinski definition) is 1. The lowest BCUT2D eigenvalue weighted by atomic mass is 10.1. The van der Waals surface area contributed by atoms with E-state index in [2.05, 4.69) is 0 Å². The van der Waals surface area contributed by atoms with Gasteiger partial charge in [-0.05, 0) is 18.2 Å². The molecule has 0 spiro atoms. The van der Waals surface area contributed by atoms with E-state index in [-0.39, 0.29) is 17.8 Å². The Morgan fingerprint density at radius 3 is 2.50 bits per heavy atom. The van der Waals surface area contributed by atoms with Gasteiger partial charge in [-0.2, -0.15) is 18.4 Å². The first kappa shape index (κ1) is 14.3. The van der Waals surface area contributed by atoms with E-state index in [1.807, 2.05) is 0 Å². The van der Waals surface area contributed by atoms with Gasteiger partial charge in [0, 0.05) is 6.54 Å². The molecule has 0 saturated heterocycles. The lowest BCUT2D eigenvalue weighted by Gasteiger charge is -2.25. The molecule has 0 aliphatic carbocycles. The molecule has 0 aromatic heterocycles. The van der Waals surface area contributed by atoms with E-state index >= 15 is 0 Å². The van der Waals surface area contributed by atoms with Gasteiger partial charge in [0.05, 0.1) is 17.9 Å². The third kappa shape index (κ3) is 3.89. The minimum absolute atomic E-state index is 0.0507. The Balaban J connectivity index is 3.10. The first-order valence-electron chi connectivity index (χ1n) is 4.99. The van der Waals surface area contributed by atoms with Gasteiger partial charge in [0.25, 0.3) is 0 Å². The van der Waals surface area contributed by atoms with Gasteiger partial charge in [0.1, 0.15) is 18.4 Å². The lowest BCUT2D eigenvalue weighted by Crippen LogP contribution is -2.36. The minimum Gasteiger partial charge on any atom is -0.395 e. The number of rotatable bonds is 4. The molecule has 0 fully saturated rings. The van der Waals surface area contributed by atoms with E-state index in [0.717, 1.165) is 23.1 Å². The summed E-state index contributed by atoms with van der Waals surface area (Å²) in [5.74, 6) is -0.703. The summed E-state index contributed by atoms with van der Waals surface area (Å²) in [6.07, 6.45) is -4.48. The van der Waals surface area contributed by atoms with E-state index in [4.69, 9.17) is 10.4 Å². The van der Waals surface area contributed by atoms with E-state index < -0.39 is 25.1 Å². The topological polar surface area (TPSA) is 47.3 Å². The Morgan fingerprint density at radius 1 is 1.33 bits per heavy atom. The average Bonchev–Trinajstić information content (AvgIpc) is 2.26. The van der Waals surface area contributed by atoms with Gasteiger partial charge in [0.15, 0.2) is 0 Å². The van der Waals surface area contributed by atoms with Crippen molar-refractivity contribution in [3.05, 3.63) is 29.6 Å². The summed E-state index contributed by atoms with van der Waals surface area (Å²) in [4.78, 5) is 0.790. The fraction of sp³-hybridized carbons (Fsp3) is 0.364. The third-order valence-electron chi connectivity index (χ3n) is 2.16. The van der Waals surface area contributed by atoms with Gasteiger partial charge >= 0.3 is 6.18 Å². The Morgan fingerprint density at radius 2 is 2.00 bits per heavy atom. The second kappa shape index (κ2) is 5.69. The molecule has 1 aromatic rings. The predicted octanol–water partition coefficient (Wildman–Crippen LogP) is 2.06. The highest BCUT2D eigenvalue weighted by Crippen LogP contribution is 2.25. The first-order valence-corrected chi connectivity index (χ1v) is 4.99. The third-order valence-corrected chi connectivity index (χ3v) is 2.16. The molecule has 0 bridgehead atoms. The first-order chi connectivity index (χ1) is 8.37. The van der Waals surface area contributed by atoms with E-state index in [1.165, 1.54) is 0 Å². The number of aliphatic hydroxyl groups is 1. The standard InChI is InChI=1S/C11H10F4N2O/c12-9-1-2-10(8(5-9)6-16)17(3-4-18)7-11(13,14)15/h1-2,5,18H,3-4,7H2. The SMILES string of the molecule is N#Cc1cc(F)ccc1N(CCO)CC(F)(F)F. The Bertz CT molecular complexity index is 453. The summed E-state index contributed by atoms with van der Waals surface area (Å²) in [5.41, 5.74) is -0.252. The van der Waals surface area contributed by atoms with Crippen LogP contribution in [0.15, 0.2) is 18.2 Å². The van der Waals surface area contributed by atoms with Crippen LogP contribution in [0.1, 0.15) is 5.56 Å². The molecule has 3 nitrogen and oxygen atoms in total. The average molecular weight is 262 g/mol.